The average Bonchev–Trinajstić information content (AvgIpc) is 3.22. The van der Waals surface area contributed by atoms with Crippen LogP contribution in [0, 0.1) is 11.6 Å². The highest BCUT2D eigenvalue weighted by Gasteiger charge is 2.38. The maximum absolute atomic E-state index is 14.8. The molecule has 14 heteroatoms. The van der Waals surface area contributed by atoms with Crippen LogP contribution in [0.25, 0.3) is 22.3 Å². The van der Waals surface area contributed by atoms with Gasteiger partial charge in [-0.05, 0) is 18.1 Å². The molecule has 1 saturated heterocycles. The second kappa shape index (κ2) is 9.67. The second-order valence-electron chi connectivity index (χ2n) is 9.15. The Balaban J connectivity index is 1.56. The molecular weight excluding hydrogens is 525 g/mol. The highest BCUT2D eigenvalue weighted by Crippen LogP contribution is 2.41. The lowest BCUT2D eigenvalue weighted by atomic mass is 10.0. The zero-order chi connectivity index (χ0) is 28.1. The predicted molar refractivity (Wildman–Crippen MR) is 131 cm³/mol. The predicted octanol–water partition coefficient (Wildman–Crippen LogP) is 3.84. The number of hydrogen-bond acceptors (Lipinski definition) is 6. The number of phenolic OH excluding ortho intramolecular Hbond substituents is 1. The largest absolute Gasteiger partial charge is 0.503 e. The number of carbonyl (C=O) groups is 1. The van der Waals surface area contributed by atoms with E-state index < -0.39 is 40.7 Å². The Morgan fingerprint density at radius 3 is 2.54 bits per heavy atom. The number of urea groups is 1. The molecule has 9 nitrogen and oxygen atoms in total. The number of rotatable bonds is 4. The van der Waals surface area contributed by atoms with Gasteiger partial charge in [0, 0.05) is 38.4 Å². The molecule has 3 heterocycles. The van der Waals surface area contributed by atoms with Gasteiger partial charge in [0.25, 0.3) is 0 Å². The Morgan fingerprint density at radius 1 is 1.15 bits per heavy atom. The molecule has 5 rings (SSSR count). The first kappa shape index (κ1) is 26.1. The van der Waals surface area contributed by atoms with Gasteiger partial charge in [-0.3, -0.25) is 0 Å². The summed E-state index contributed by atoms with van der Waals surface area (Å²) < 4.78 is 70.0. The number of primary amides is 1. The molecule has 204 valence electrons. The van der Waals surface area contributed by atoms with E-state index in [1.165, 1.54) is 22.8 Å². The molecule has 0 bridgehead atoms. The zero-order valence-electron chi connectivity index (χ0n) is 20.5. The van der Waals surface area contributed by atoms with Crippen LogP contribution < -0.4 is 10.6 Å². The van der Waals surface area contributed by atoms with Crippen LogP contribution in [0.1, 0.15) is 11.1 Å². The van der Waals surface area contributed by atoms with Crippen LogP contribution in [-0.4, -0.2) is 61.5 Å². The molecule has 0 spiro atoms. The van der Waals surface area contributed by atoms with E-state index in [4.69, 9.17) is 5.73 Å². The number of phenols is 1. The molecule has 2 aromatic heterocycles. The number of hydrogen-bond donors (Lipinski definition) is 2. The summed E-state index contributed by atoms with van der Waals surface area (Å²) in [5, 5.41) is 13.9. The van der Waals surface area contributed by atoms with Crippen LogP contribution >= 0.6 is 0 Å². The lowest BCUT2D eigenvalue weighted by molar-refractivity contribution is -0.140. The first-order chi connectivity index (χ1) is 18.5. The summed E-state index contributed by atoms with van der Waals surface area (Å²) in [4.78, 5) is 24.2. The first-order valence-corrected chi connectivity index (χ1v) is 11.8. The van der Waals surface area contributed by atoms with E-state index in [1.54, 1.807) is 0 Å². The van der Waals surface area contributed by atoms with E-state index in [0.29, 0.717) is 26.1 Å². The van der Waals surface area contributed by atoms with Crippen LogP contribution in [0.3, 0.4) is 0 Å². The number of piperazine rings is 1. The third-order valence-corrected chi connectivity index (χ3v) is 6.67. The van der Waals surface area contributed by atoms with E-state index in [2.05, 4.69) is 15.1 Å². The second-order valence-corrected chi connectivity index (χ2v) is 9.15. The zero-order valence-corrected chi connectivity index (χ0v) is 20.5. The maximum Gasteiger partial charge on any atom is 0.419 e. The van der Waals surface area contributed by atoms with E-state index >= 15 is 0 Å². The minimum absolute atomic E-state index is 0.0923. The van der Waals surface area contributed by atoms with Crippen molar-refractivity contribution in [2.45, 2.75) is 18.6 Å². The standard InChI is InChI=1S/C25H22F5N7O2/c1-35-22-16(20(34-35)15-10-17(25(28,29)30)19(27)21(38)18(15)26)11-32-24(33-22)37-8-7-36(23(31)39)12-14(37)9-13-5-3-2-4-6-13/h2-6,10-11,14,38H,7-9,12H2,1H3,(H2,31,39)/t14-/m1/s1. The third-order valence-electron chi connectivity index (χ3n) is 6.67. The fourth-order valence-corrected chi connectivity index (χ4v) is 4.75. The SMILES string of the molecule is Cn1nc(-c2cc(C(F)(F)F)c(F)c(O)c2F)c2cnc(N3CCN(C(N)=O)C[C@H]3Cc3ccccc3)nc21. The fourth-order valence-electron chi connectivity index (χ4n) is 4.75. The Hall–Kier alpha value is -4.49. The van der Waals surface area contributed by atoms with E-state index in [9.17, 15) is 31.9 Å². The van der Waals surface area contributed by atoms with Crippen molar-refractivity contribution in [1.29, 1.82) is 0 Å². The van der Waals surface area contributed by atoms with Crippen LogP contribution in [-0.2, 0) is 19.6 Å². The van der Waals surface area contributed by atoms with Crippen LogP contribution in [0.15, 0.2) is 42.6 Å². The molecule has 4 aromatic rings. The number of benzene rings is 2. The lowest BCUT2D eigenvalue weighted by Gasteiger charge is -2.41. The number of anilines is 1. The van der Waals surface area contributed by atoms with Gasteiger partial charge >= 0.3 is 12.2 Å². The minimum atomic E-state index is -5.18. The van der Waals surface area contributed by atoms with Crippen molar-refractivity contribution in [2.75, 3.05) is 24.5 Å². The van der Waals surface area contributed by atoms with Gasteiger partial charge in [-0.1, -0.05) is 30.3 Å². The number of amides is 2. The van der Waals surface area contributed by atoms with E-state index in [-0.39, 0.29) is 34.8 Å². The number of carbonyl (C=O) groups excluding carboxylic acids is 1. The van der Waals surface area contributed by atoms with Crippen molar-refractivity contribution in [1.82, 2.24) is 24.6 Å². The minimum Gasteiger partial charge on any atom is -0.503 e. The Kier molecular flexibility index (Phi) is 6.48. The number of aromatic hydroxyl groups is 1. The van der Waals surface area contributed by atoms with Gasteiger partial charge in [-0.25, -0.2) is 23.2 Å². The number of nitrogens with two attached hydrogens (primary N) is 1. The summed E-state index contributed by atoms with van der Waals surface area (Å²) in [6.07, 6.45) is -3.35. The average molecular weight is 547 g/mol. The Bertz CT molecular complexity index is 1560. The van der Waals surface area contributed by atoms with E-state index in [0.717, 1.165) is 5.56 Å². The van der Waals surface area contributed by atoms with Gasteiger partial charge in [0.1, 0.15) is 5.69 Å². The summed E-state index contributed by atoms with van der Waals surface area (Å²) in [7, 11) is 1.46. The highest BCUT2D eigenvalue weighted by molar-refractivity contribution is 5.91. The molecule has 0 radical (unpaired) electrons. The summed E-state index contributed by atoms with van der Waals surface area (Å²) in [6, 6.07) is 9.02. The van der Waals surface area contributed by atoms with Gasteiger partial charge in [-0.15, -0.1) is 0 Å². The number of aromatic nitrogens is 4. The summed E-state index contributed by atoms with van der Waals surface area (Å²) in [6.45, 7) is 0.980. The van der Waals surface area contributed by atoms with Gasteiger partial charge in [0.2, 0.25) is 5.95 Å². The molecule has 0 unspecified atom stereocenters. The Morgan fingerprint density at radius 2 is 1.87 bits per heavy atom. The first-order valence-electron chi connectivity index (χ1n) is 11.8. The van der Waals surface area contributed by atoms with Crippen molar-refractivity contribution in [3.8, 4) is 17.0 Å². The molecule has 0 saturated carbocycles. The number of fused-ring (bicyclic) bond motifs is 1. The fraction of sp³-hybridized carbons (Fsp3) is 0.280. The van der Waals surface area contributed by atoms with E-state index in [1.807, 2.05) is 35.2 Å². The molecule has 2 amide bonds. The Labute approximate surface area is 218 Å². The molecule has 0 aliphatic carbocycles. The number of alkyl halides is 3. The molecule has 1 aliphatic heterocycles. The van der Waals surface area contributed by atoms with Gasteiger partial charge < -0.3 is 20.6 Å². The third kappa shape index (κ3) is 4.77. The molecular formula is C25H22F5N7O2. The van der Waals surface area contributed by atoms with Crippen LogP contribution in [0.2, 0.25) is 0 Å². The van der Waals surface area contributed by atoms with Crippen LogP contribution in [0.5, 0.6) is 5.75 Å². The monoisotopic (exact) mass is 547 g/mol. The topological polar surface area (TPSA) is 113 Å². The van der Waals surface area contributed by atoms with Gasteiger partial charge in [0.15, 0.2) is 23.0 Å². The van der Waals surface area contributed by atoms with Crippen molar-refractivity contribution in [2.24, 2.45) is 12.8 Å². The molecule has 2 aromatic carbocycles. The van der Waals surface area contributed by atoms with Gasteiger partial charge in [0.05, 0.1) is 17.0 Å². The van der Waals surface area contributed by atoms with Crippen molar-refractivity contribution < 1.29 is 31.9 Å². The lowest BCUT2D eigenvalue weighted by Crippen LogP contribution is -2.57. The highest BCUT2D eigenvalue weighted by atomic mass is 19.4. The van der Waals surface area contributed by atoms with Gasteiger partial charge in [-0.2, -0.15) is 23.3 Å². The summed E-state index contributed by atoms with van der Waals surface area (Å²) in [5.41, 5.74) is 3.82. The number of halogens is 5. The number of aryl methyl sites for hydroxylation is 1. The molecule has 1 aliphatic rings. The number of nitrogens with zero attached hydrogens (tertiary/aromatic N) is 6. The normalized spacial score (nSPS) is 16.2. The van der Waals surface area contributed by atoms with Crippen LogP contribution in [0.4, 0.5) is 32.7 Å². The molecule has 3 N–H and O–H groups in total. The molecule has 39 heavy (non-hydrogen) atoms. The molecule has 1 fully saturated rings. The van der Waals surface area contributed by atoms with Crippen molar-refractivity contribution in [3.05, 3.63) is 65.4 Å². The quantitative estimate of drug-likeness (QED) is 0.376. The summed E-state index contributed by atoms with van der Waals surface area (Å²) >= 11 is 0. The molecule has 1 atom stereocenters. The summed E-state index contributed by atoms with van der Waals surface area (Å²) in [5.74, 6) is -5.19. The maximum atomic E-state index is 14.8. The van der Waals surface area contributed by atoms with Crippen molar-refractivity contribution in [3.63, 3.8) is 0 Å². The van der Waals surface area contributed by atoms with Crippen molar-refractivity contribution >= 4 is 23.0 Å². The smallest absolute Gasteiger partial charge is 0.419 e.